The fourth-order valence-corrected chi connectivity index (χ4v) is 2.99. The zero-order valence-corrected chi connectivity index (χ0v) is 11.7. The lowest BCUT2D eigenvalue weighted by Crippen LogP contribution is -1.96. The third-order valence-corrected chi connectivity index (χ3v) is 4.09. The molecule has 2 N–H and O–H groups in total. The number of nitro benzene ring substituents is 1. The van der Waals surface area contributed by atoms with Crippen molar-refractivity contribution in [1.29, 1.82) is 0 Å². The van der Waals surface area contributed by atoms with Gasteiger partial charge in [-0.3, -0.25) is 10.1 Å². The van der Waals surface area contributed by atoms with Gasteiger partial charge in [0.2, 0.25) is 0 Å². The molecule has 0 bridgehead atoms. The predicted octanol–water partition coefficient (Wildman–Crippen LogP) is 4.26. The molecule has 0 aliphatic rings. The van der Waals surface area contributed by atoms with Gasteiger partial charge in [-0.15, -0.1) is 11.8 Å². The number of benzene rings is 2. The van der Waals surface area contributed by atoms with Crippen LogP contribution in [0.2, 0.25) is 5.02 Å². The lowest BCUT2D eigenvalue weighted by molar-refractivity contribution is -0.385. The summed E-state index contributed by atoms with van der Waals surface area (Å²) in [5.74, 6) is -0.167. The molecule has 2 rings (SSSR count). The van der Waals surface area contributed by atoms with Crippen molar-refractivity contribution in [3.63, 3.8) is 0 Å². The predicted molar refractivity (Wildman–Crippen MR) is 78.5 cm³/mol. The third kappa shape index (κ3) is 3.20. The Morgan fingerprint density at radius 3 is 2.80 bits per heavy atom. The maximum atomic E-state index is 13.2. The van der Waals surface area contributed by atoms with Crippen LogP contribution < -0.4 is 5.73 Å². The summed E-state index contributed by atoms with van der Waals surface area (Å²) in [6.45, 7) is 0. The molecule has 104 valence electrons. The van der Waals surface area contributed by atoms with Gasteiger partial charge in [0.15, 0.2) is 0 Å². The summed E-state index contributed by atoms with van der Waals surface area (Å²) in [5.41, 5.74) is 6.50. The van der Waals surface area contributed by atoms with Crippen LogP contribution in [0.15, 0.2) is 41.3 Å². The number of hydrogen-bond donors (Lipinski definition) is 1. The SMILES string of the molecule is Nc1ccc(F)cc1SCc1c(Cl)cccc1[N+](=O)[O-]. The Balaban J connectivity index is 2.27. The highest BCUT2D eigenvalue weighted by atomic mass is 35.5. The van der Waals surface area contributed by atoms with Crippen LogP contribution in [0.25, 0.3) is 0 Å². The topological polar surface area (TPSA) is 69.2 Å². The van der Waals surface area contributed by atoms with E-state index >= 15 is 0 Å². The minimum absolute atomic E-state index is 0.0556. The Morgan fingerprint density at radius 2 is 2.10 bits per heavy atom. The van der Waals surface area contributed by atoms with Gasteiger partial charge >= 0.3 is 0 Å². The van der Waals surface area contributed by atoms with Gasteiger partial charge in [-0.05, 0) is 24.3 Å². The van der Waals surface area contributed by atoms with Gasteiger partial charge in [0.25, 0.3) is 5.69 Å². The summed E-state index contributed by atoms with van der Waals surface area (Å²) in [5, 5.41) is 11.3. The lowest BCUT2D eigenvalue weighted by atomic mass is 10.2. The molecule has 0 unspecified atom stereocenters. The number of nitrogen functional groups attached to an aromatic ring is 1. The average molecular weight is 313 g/mol. The van der Waals surface area contributed by atoms with Gasteiger partial charge in [0, 0.05) is 22.4 Å². The minimum Gasteiger partial charge on any atom is -0.398 e. The van der Waals surface area contributed by atoms with Crippen LogP contribution in [-0.4, -0.2) is 4.92 Å². The van der Waals surface area contributed by atoms with Crippen molar-refractivity contribution < 1.29 is 9.31 Å². The van der Waals surface area contributed by atoms with E-state index in [4.69, 9.17) is 17.3 Å². The zero-order valence-electron chi connectivity index (χ0n) is 10.2. The summed E-state index contributed by atoms with van der Waals surface area (Å²) < 4.78 is 13.2. The summed E-state index contributed by atoms with van der Waals surface area (Å²) in [7, 11) is 0. The molecule has 0 saturated carbocycles. The summed E-state index contributed by atoms with van der Waals surface area (Å²) in [6.07, 6.45) is 0. The van der Waals surface area contributed by atoms with Crippen LogP contribution in [0.3, 0.4) is 0 Å². The van der Waals surface area contributed by atoms with Gasteiger partial charge in [-0.1, -0.05) is 17.7 Å². The molecule has 2 aromatic carbocycles. The Hall–Kier alpha value is -1.79. The molecule has 0 amide bonds. The van der Waals surface area contributed by atoms with Crippen LogP contribution in [0.4, 0.5) is 15.8 Å². The molecule has 0 atom stereocenters. The molecule has 0 aromatic heterocycles. The highest BCUT2D eigenvalue weighted by Crippen LogP contribution is 2.35. The standard InChI is InChI=1S/C13H10ClFN2O2S/c14-10-2-1-3-12(17(18)19)9(10)7-20-13-6-8(15)4-5-11(13)16/h1-6H,7,16H2. The van der Waals surface area contributed by atoms with Crippen molar-refractivity contribution in [2.45, 2.75) is 10.6 Å². The molecule has 0 fully saturated rings. The molecule has 0 heterocycles. The molecule has 20 heavy (non-hydrogen) atoms. The van der Waals surface area contributed by atoms with E-state index in [1.165, 1.54) is 42.1 Å². The highest BCUT2D eigenvalue weighted by molar-refractivity contribution is 7.98. The molecule has 0 spiro atoms. The Morgan fingerprint density at radius 1 is 1.35 bits per heavy atom. The number of hydrogen-bond acceptors (Lipinski definition) is 4. The fraction of sp³-hybridized carbons (Fsp3) is 0.0769. The number of nitrogens with zero attached hydrogens (tertiary/aromatic N) is 1. The Kier molecular flexibility index (Phi) is 4.46. The number of rotatable bonds is 4. The van der Waals surface area contributed by atoms with Crippen molar-refractivity contribution in [2.24, 2.45) is 0 Å². The first-order valence-electron chi connectivity index (χ1n) is 5.58. The van der Waals surface area contributed by atoms with Crippen molar-refractivity contribution in [3.05, 3.63) is 62.9 Å². The Labute approximate surface area is 123 Å². The molecule has 0 saturated heterocycles. The third-order valence-electron chi connectivity index (χ3n) is 2.64. The average Bonchev–Trinajstić information content (AvgIpc) is 2.40. The molecule has 7 heteroatoms. The van der Waals surface area contributed by atoms with E-state index in [9.17, 15) is 14.5 Å². The number of thioether (sulfide) groups is 1. The molecular weight excluding hydrogens is 303 g/mol. The molecule has 2 aromatic rings. The van der Waals surface area contributed by atoms with Crippen molar-refractivity contribution >= 4 is 34.7 Å². The van der Waals surface area contributed by atoms with Gasteiger partial charge < -0.3 is 5.73 Å². The number of nitro groups is 1. The molecule has 0 aliphatic carbocycles. The van der Waals surface area contributed by atoms with Crippen LogP contribution in [-0.2, 0) is 5.75 Å². The molecule has 0 radical (unpaired) electrons. The summed E-state index contributed by atoms with van der Waals surface area (Å²) >= 11 is 7.19. The first-order valence-corrected chi connectivity index (χ1v) is 6.95. The second-order valence-corrected chi connectivity index (χ2v) is 5.39. The van der Waals surface area contributed by atoms with Crippen molar-refractivity contribution in [2.75, 3.05) is 5.73 Å². The number of halogens is 2. The van der Waals surface area contributed by atoms with E-state index < -0.39 is 10.7 Å². The van der Waals surface area contributed by atoms with Gasteiger partial charge in [-0.25, -0.2) is 4.39 Å². The van der Waals surface area contributed by atoms with Crippen LogP contribution in [0, 0.1) is 15.9 Å². The molecule has 4 nitrogen and oxygen atoms in total. The highest BCUT2D eigenvalue weighted by Gasteiger charge is 2.17. The quantitative estimate of drug-likeness (QED) is 0.396. The largest absolute Gasteiger partial charge is 0.398 e. The van der Waals surface area contributed by atoms with Crippen molar-refractivity contribution in [3.8, 4) is 0 Å². The maximum absolute atomic E-state index is 13.2. The van der Waals surface area contributed by atoms with Crippen LogP contribution >= 0.6 is 23.4 Å². The monoisotopic (exact) mass is 312 g/mol. The first-order chi connectivity index (χ1) is 9.49. The van der Waals surface area contributed by atoms with E-state index in [1.807, 2.05) is 0 Å². The van der Waals surface area contributed by atoms with E-state index in [2.05, 4.69) is 0 Å². The number of anilines is 1. The van der Waals surface area contributed by atoms with E-state index in [0.29, 0.717) is 21.2 Å². The normalized spacial score (nSPS) is 10.5. The van der Waals surface area contributed by atoms with Crippen LogP contribution in [0.1, 0.15) is 5.56 Å². The zero-order chi connectivity index (χ0) is 14.7. The van der Waals surface area contributed by atoms with Crippen molar-refractivity contribution in [1.82, 2.24) is 0 Å². The minimum atomic E-state index is -0.489. The van der Waals surface area contributed by atoms with Crippen LogP contribution in [0.5, 0.6) is 0 Å². The van der Waals surface area contributed by atoms with Gasteiger partial charge in [-0.2, -0.15) is 0 Å². The fourth-order valence-electron chi connectivity index (χ4n) is 1.64. The Bertz CT molecular complexity index is 667. The second-order valence-electron chi connectivity index (χ2n) is 3.97. The van der Waals surface area contributed by atoms with E-state index in [0.717, 1.165) is 0 Å². The van der Waals surface area contributed by atoms with Gasteiger partial charge in [0.05, 0.1) is 15.5 Å². The second kappa shape index (κ2) is 6.11. The van der Waals surface area contributed by atoms with E-state index in [-0.39, 0.29) is 11.4 Å². The lowest BCUT2D eigenvalue weighted by Gasteiger charge is -2.07. The smallest absolute Gasteiger partial charge is 0.274 e. The van der Waals surface area contributed by atoms with Gasteiger partial charge in [0.1, 0.15) is 5.82 Å². The first kappa shape index (κ1) is 14.6. The molecule has 0 aliphatic heterocycles. The summed E-state index contributed by atoms with van der Waals surface area (Å²) in [6, 6.07) is 8.50. The maximum Gasteiger partial charge on any atom is 0.274 e. The van der Waals surface area contributed by atoms with E-state index in [1.54, 1.807) is 6.07 Å². The number of nitrogens with two attached hydrogens (primary N) is 1. The molecular formula is C13H10ClFN2O2S. The summed E-state index contributed by atoms with van der Waals surface area (Å²) in [4.78, 5) is 11.0.